The Labute approximate surface area is 108 Å². The van der Waals surface area contributed by atoms with Gasteiger partial charge in [0.2, 0.25) is 0 Å². The van der Waals surface area contributed by atoms with E-state index in [9.17, 15) is 4.79 Å². The van der Waals surface area contributed by atoms with Crippen molar-refractivity contribution in [3.05, 3.63) is 29.8 Å². The number of hydrogen-bond donors (Lipinski definition) is 3. The van der Waals surface area contributed by atoms with Crippen molar-refractivity contribution in [2.45, 2.75) is 19.5 Å². The van der Waals surface area contributed by atoms with E-state index in [1.54, 1.807) is 6.92 Å². The van der Waals surface area contributed by atoms with Crippen LogP contribution in [0, 0.1) is 0 Å². The minimum absolute atomic E-state index is 0.0645. The fourth-order valence-corrected chi connectivity index (χ4v) is 1.41. The van der Waals surface area contributed by atoms with Gasteiger partial charge in [-0.05, 0) is 24.6 Å². The van der Waals surface area contributed by atoms with Crippen molar-refractivity contribution in [3.8, 4) is 0 Å². The number of carbonyl (C=O) groups excluding carboxylic acids is 1. The Morgan fingerprint density at radius 3 is 2.44 bits per heavy atom. The molecule has 0 spiro atoms. The summed E-state index contributed by atoms with van der Waals surface area (Å²) < 4.78 is 0. The molecule has 0 fully saturated rings. The highest BCUT2D eigenvalue weighted by Crippen LogP contribution is 2.11. The van der Waals surface area contributed by atoms with Crippen LogP contribution in [0.2, 0.25) is 0 Å². The average molecular weight is 251 g/mol. The molecule has 0 aliphatic rings. The van der Waals surface area contributed by atoms with Gasteiger partial charge in [-0.1, -0.05) is 12.1 Å². The molecule has 5 nitrogen and oxygen atoms in total. The third-order valence-corrected chi connectivity index (χ3v) is 2.56. The topological polar surface area (TPSA) is 64.6 Å². The number of rotatable bonds is 5. The number of nitrogens with zero attached hydrogens (tertiary/aromatic N) is 1. The summed E-state index contributed by atoms with van der Waals surface area (Å²) in [6.07, 6.45) is 0. The molecule has 3 N–H and O–H groups in total. The van der Waals surface area contributed by atoms with Crippen LogP contribution in [-0.4, -0.2) is 37.9 Å². The lowest BCUT2D eigenvalue weighted by atomic mass is 10.2. The first-order chi connectivity index (χ1) is 8.52. The first-order valence-electron chi connectivity index (χ1n) is 5.94. The molecule has 0 radical (unpaired) electrons. The van der Waals surface area contributed by atoms with Crippen LogP contribution in [0.15, 0.2) is 24.3 Å². The molecule has 1 atom stereocenters. The van der Waals surface area contributed by atoms with Crippen LogP contribution in [0.25, 0.3) is 0 Å². The van der Waals surface area contributed by atoms with Gasteiger partial charge in [0.25, 0.3) is 0 Å². The van der Waals surface area contributed by atoms with E-state index in [1.165, 1.54) is 0 Å². The quantitative estimate of drug-likeness (QED) is 0.729. The van der Waals surface area contributed by atoms with E-state index in [-0.39, 0.29) is 18.7 Å². The smallest absolute Gasteiger partial charge is 0.315 e. The van der Waals surface area contributed by atoms with E-state index >= 15 is 0 Å². The Bertz CT molecular complexity index is 376. The van der Waals surface area contributed by atoms with Gasteiger partial charge in [-0.25, -0.2) is 4.79 Å². The monoisotopic (exact) mass is 251 g/mol. The van der Waals surface area contributed by atoms with E-state index < -0.39 is 0 Å². The van der Waals surface area contributed by atoms with Gasteiger partial charge in [0.15, 0.2) is 0 Å². The molecule has 1 aromatic rings. The van der Waals surface area contributed by atoms with E-state index in [0.29, 0.717) is 6.54 Å². The number of carbonyl (C=O) groups is 1. The molecule has 0 saturated heterocycles. The number of urea groups is 1. The third-order valence-electron chi connectivity index (χ3n) is 2.56. The zero-order chi connectivity index (χ0) is 13.5. The van der Waals surface area contributed by atoms with Crippen LogP contribution in [-0.2, 0) is 6.54 Å². The van der Waals surface area contributed by atoms with E-state index in [1.807, 2.05) is 43.3 Å². The molecule has 1 rings (SSSR count). The summed E-state index contributed by atoms with van der Waals surface area (Å²) in [6, 6.07) is 7.46. The van der Waals surface area contributed by atoms with Crippen LogP contribution in [0.1, 0.15) is 12.5 Å². The third kappa shape index (κ3) is 4.63. The van der Waals surface area contributed by atoms with Gasteiger partial charge < -0.3 is 20.6 Å². The molecule has 1 aromatic carbocycles. The highest BCUT2D eigenvalue weighted by atomic mass is 16.3. The van der Waals surface area contributed by atoms with Crippen LogP contribution >= 0.6 is 0 Å². The molecule has 2 amide bonds. The summed E-state index contributed by atoms with van der Waals surface area (Å²) in [5.74, 6) is 0. The maximum Gasteiger partial charge on any atom is 0.315 e. The molecule has 1 unspecified atom stereocenters. The van der Waals surface area contributed by atoms with Gasteiger partial charge >= 0.3 is 6.03 Å². The maximum absolute atomic E-state index is 11.4. The highest BCUT2D eigenvalue weighted by Gasteiger charge is 2.05. The molecular weight excluding hydrogens is 230 g/mol. The Balaban J connectivity index is 2.41. The van der Waals surface area contributed by atoms with Gasteiger partial charge in [-0.15, -0.1) is 0 Å². The number of aliphatic hydroxyl groups excluding tert-OH is 1. The Morgan fingerprint density at radius 1 is 1.33 bits per heavy atom. The first-order valence-corrected chi connectivity index (χ1v) is 5.94. The van der Waals surface area contributed by atoms with E-state index in [0.717, 1.165) is 11.3 Å². The first kappa shape index (κ1) is 14.3. The molecule has 18 heavy (non-hydrogen) atoms. The zero-order valence-corrected chi connectivity index (χ0v) is 11.1. The average Bonchev–Trinajstić information content (AvgIpc) is 2.36. The number of benzene rings is 1. The van der Waals surface area contributed by atoms with Crippen LogP contribution in [0.3, 0.4) is 0 Å². The second-order valence-corrected chi connectivity index (χ2v) is 4.47. The van der Waals surface area contributed by atoms with Gasteiger partial charge in [0.1, 0.15) is 0 Å². The summed E-state index contributed by atoms with van der Waals surface area (Å²) in [7, 11) is 3.97. The summed E-state index contributed by atoms with van der Waals surface area (Å²) in [5.41, 5.74) is 2.16. The molecule has 0 bridgehead atoms. The Morgan fingerprint density at radius 2 is 1.94 bits per heavy atom. The second-order valence-electron chi connectivity index (χ2n) is 4.47. The maximum atomic E-state index is 11.4. The Kier molecular flexibility index (Phi) is 5.45. The molecular formula is C13H21N3O2. The molecule has 0 aliphatic heterocycles. The van der Waals surface area contributed by atoms with Crippen molar-refractivity contribution >= 4 is 11.7 Å². The van der Waals surface area contributed by atoms with Crippen LogP contribution in [0.4, 0.5) is 10.5 Å². The highest BCUT2D eigenvalue weighted by molar-refractivity contribution is 5.74. The Hall–Kier alpha value is -1.75. The summed E-state index contributed by atoms with van der Waals surface area (Å²) >= 11 is 0. The summed E-state index contributed by atoms with van der Waals surface area (Å²) in [4.78, 5) is 13.4. The molecule has 0 saturated carbocycles. The van der Waals surface area contributed by atoms with Crippen LogP contribution < -0.4 is 15.5 Å². The number of amides is 2. The molecule has 0 heterocycles. The fraction of sp³-hybridized carbons (Fsp3) is 0.462. The van der Waals surface area contributed by atoms with Gasteiger partial charge in [-0.2, -0.15) is 0 Å². The molecule has 0 aromatic heterocycles. The fourth-order valence-electron chi connectivity index (χ4n) is 1.41. The van der Waals surface area contributed by atoms with Crippen molar-refractivity contribution < 1.29 is 9.90 Å². The lowest BCUT2D eigenvalue weighted by molar-refractivity contribution is 0.220. The summed E-state index contributed by atoms with van der Waals surface area (Å²) in [6.45, 7) is 2.15. The molecule has 5 heteroatoms. The zero-order valence-electron chi connectivity index (χ0n) is 11.1. The van der Waals surface area contributed by atoms with Crippen molar-refractivity contribution in [1.82, 2.24) is 10.6 Å². The second kappa shape index (κ2) is 6.86. The summed E-state index contributed by atoms with van der Waals surface area (Å²) in [5, 5.41) is 14.2. The van der Waals surface area contributed by atoms with Crippen molar-refractivity contribution in [2.24, 2.45) is 0 Å². The number of anilines is 1. The minimum Gasteiger partial charge on any atom is -0.394 e. The number of hydrogen-bond acceptors (Lipinski definition) is 3. The SMILES string of the molecule is CC(CO)NC(=O)NCc1ccc(N(C)C)cc1. The predicted octanol–water partition coefficient (Wildman–Crippen LogP) is 0.933. The van der Waals surface area contributed by atoms with Gasteiger partial charge in [0.05, 0.1) is 12.6 Å². The number of aliphatic hydroxyl groups is 1. The van der Waals surface area contributed by atoms with Crippen LogP contribution in [0.5, 0.6) is 0 Å². The largest absolute Gasteiger partial charge is 0.394 e. The standard InChI is InChI=1S/C13H21N3O2/c1-10(9-17)15-13(18)14-8-11-4-6-12(7-5-11)16(2)3/h4-7,10,17H,8-9H2,1-3H3,(H2,14,15,18). The van der Waals surface area contributed by atoms with E-state index in [4.69, 9.17) is 5.11 Å². The van der Waals surface area contributed by atoms with Gasteiger partial charge in [-0.3, -0.25) is 0 Å². The normalized spacial score (nSPS) is 11.8. The van der Waals surface area contributed by atoms with Gasteiger partial charge in [0, 0.05) is 26.3 Å². The minimum atomic E-state index is -0.270. The van der Waals surface area contributed by atoms with E-state index in [2.05, 4.69) is 10.6 Å². The molecule has 0 aliphatic carbocycles. The van der Waals surface area contributed by atoms with Crippen molar-refractivity contribution in [3.63, 3.8) is 0 Å². The molecule has 100 valence electrons. The lowest BCUT2D eigenvalue weighted by Crippen LogP contribution is -2.41. The predicted molar refractivity (Wildman–Crippen MR) is 72.7 cm³/mol. The van der Waals surface area contributed by atoms with Crippen molar-refractivity contribution in [1.29, 1.82) is 0 Å². The number of nitrogens with one attached hydrogen (secondary N) is 2. The lowest BCUT2D eigenvalue weighted by Gasteiger charge is -2.14. The van der Waals surface area contributed by atoms with Crippen molar-refractivity contribution in [2.75, 3.05) is 25.6 Å².